The van der Waals surface area contributed by atoms with Gasteiger partial charge in [-0.05, 0) is 25.8 Å². The highest BCUT2D eigenvalue weighted by atomic mass is 16.5. The van der Waals surface area contributed by atoms with Crippen molar-refractivity contribution in [2.45, 2.75) is 33.3 Å². The second kappa shape index (κ2) is 4.12. The first-order chi connectivity index (χ1) is 6.15. The maximum atomic E-state index is 11.5. The number of nitrogens with one attached hydrogen (secondary N) is 1. The van der Waals surface area contributed by atoms with Gasteiger partial charge in [0.15, 0.2) is 0 Å². The molecule has 0 aliphatic rings. The number of esters is 1. The van der Waals surface area contributed by atoms with Crippen molar-refractivity contribution >= 4 is 5.97 Å². The molecule has 0 saturated heterocycles. The van der Waals surface area contributed by atoms with Gasteiger partial charge in [0.05, 0.1) is 11.7 Å². The second-order valence-corrected chi connectivity index (χ2v) is 3.18. The molecule has 0 saturated carbocycles. The first-order valence-electron chi connectivity index (χ1n) is 4.49. The lowest BCUT2D eigenvalue weighted by atomic mass is 10.2. The van der Waals surface area contributed by atoms with E-state index in [-0.39, 0.29) is 12.1 Å². The van der Waals surface area contributed by atoms with Crippen LogP contribution in [0.5, 0.6) is 0 Å². The number of rotatable bonds is 3. The minimum absolute atomic E-state index is 0.0122. The van der Waals surface area contributed by atoms with Crippen LogP contribution in [0.3, 0.4) is 0 Å². The molecular formula is C10H15NO2. The van der Waals surface area contributed by atoms with E-state index in [1.54, 1.807) is 12.4 Å². The van der Waals surface area contributed by atoms with Crippen LogP contribution >= 0.6 is 0 Å². The smallest absolute Gasteiger partial charge is 0.340 e. The Balaban J connectivity index is 2.64. The molecular weight excluding hydrogens is 166 g/mol. The Morgan fingerprint density at radius 1 is 1.62 bits per heavy atom. The molecule has 1 unspecified atom stereocenters. The summed E-state index contributed by atoms with van der Waals surface area (Å²) in [4.78, 5) is 14.3. The zero-order valence-electron chi connectivity index (χ0n) is 8.26. The Labute approximate surface area is 78.1 Å². The van der Waals surface area contributed by atoms with E-state index in [1.165, 1.54) is 0 Å². The zero-order chi connectivity index (χ0) is 9.84. The predicted molar refractivity (Wildman–Crippen MR) is 50.7 cm³/mol. The Hall–Kier alpha value is -1.25. The van der Waals surface area contributed by atoms with E-state index in [9.17, 15) is 4.79 Å². The van der Waals surface area contributed by atoms with Crippen molar-refractivity contribution in [3.63, 3.8) is 0 Å². The lowest BCUT2D eigenvalue weighted by Crippen LogP contribution is -2.14. The Morgan fingerprint density at radius 2 is 2.31 bits per heavy atom. The number of hydrogen-bond donors (Lipinski definition) is 1. The summed E-state index contributed by atoms with van der Waals surface area (Å²) in [5.41, 5.74) is 1.55. The molecule has 1 atom stereocenters. The first-order valence-corrected chi connectivity index (χ1v) is 4.49. The van der Waals surface area contributed by atoms with E-state index in [4.69, 9.17) is 4.74 Å². The lowest BCUT2D eigenvalue weighted by Gasteiger charge is -2.09. The van der Waals surface area contributed by atoms with Gasteiger partial charge in [-0.2, -0.15) is 0 Å². The first kappa shape index (κ1) is 9.84. The van der Waals surface area contributed by atoms with Crippen LogP contribution in [0.1, 0.15) is 36.2 Å². The van der Waals surface area contributed by atoms with Crippen molar-refractivity contribution in [2.75, 3.05) is 0 Å². The molecule has 1 N–H and O–H groups in total. The minimum Gasteiger partial charge on any atom is -0.459 e. The molecule has 0 radical (unpaired) electrons. The number of carbonyl (C=O) groups excluding carboxylic acids is 1. The van der Waals surface area contributed by atoms with Crippen molar-refractivity contribution in [1.82, 2.24) is 4.98 Å². The molecule has 1 aromatic rings. The summed E-state index contributed by atoms with van der Waals surface area (Å²) in [5, 5.41) is 0. The van der Waals surface area contributed by atoms with Crippen molar-refractivity contribution in [2.24, 2.45) is 0 Å². The van der Waals surface area contributed by atoms with Crippen molar-refractivity contribution in [3.05, 3.63) is 23.5 Å². The fraction of sp³-hybridized carbons (Fsp3) is 0.500. The monoisotopic (exact) mass is 181 g/mol. The second-order valence-electron chi connectivity index (χ2n) is 3.18. The SMILES string of the molecule is CCC(C)OC(=O)c1c[nH]cc1C. The van der Waals surface area contributed by atoms with Crippen LogP contribution in [-0.4, -0.2) is 17.1 Å². The molecule has 0 aromatic carbocycles. The van der Waals surface area contributed by atoms with Gasteiger partial charge in [-0.15, -0.1) is 0 Å². The maximum Gasteiger partial charge on any atom is 0.340 e. The van der Waals surface area contributed by atoms with Gasteiger partial charge in [-0.3, -0.25) is 0 Å². The van der Waals surface area contributed by atoms with Gasteiger partial charge in [0.25, 0.3) is 0 Å². The molecule has 3 heteroatoms. The van der Waals surface area contributed by atoms with Crippen LogP contribution in [0.4, 0.5) is 0 Å². The summed E-state index contributed by atoms with van der Waals surface area (Å²) >= 11 is 0. The molecule has 1 rings (SSSR count). The third-order valence-electron chi connectivity index (χ3n) is 2.06. The van der Waals surface area contributed by atoms with Gasteiger partial charge in [-0.1, -0.05) is 6.92 Å². The van der Waals surface area contributed by atoms with Crippen LogP contribution in [0, 0.1) is 6.92 Å². The van der Waals surface area contributed by atoms with Gasteiger partial charge >= 0.3 is 5.97 Å². The van der Waals surface area contributed by atoms with E-state index < -0.39 is 0 Å². The van der Waals surface area contributed by atoms with E-state index in [1.807, 2.05) is 20.8 Å². The molecule has 0 aliphatic carbocycles. The van der Waals surface area contributed by atoms with Crippen LogP contribution < -0.4 is 0 Å². The van der Waals surface area contributed by atoms with E-state index >= 15 is 0 Å². The largest absolute Gasteiger partial charge is 0.459 e. The standard InChI is InChI=1S/C10H15NO2/c1-4-8(3)13-10(12)9-6-11-5-7(9)2/h5-6,8,11H,4H2,1-3H3. The normalized spacial score (nSPS) is 12.5. The van der Waals surface area contributed by atoms with Gasteiger partial charge < -0.3 is 9.72 Å². The van der Waals surface area contributed by atoms with Crippen LogP contribution in [0.2, 0.25) is 0 Å². The Kier molecular flexibility index (Phi) is 3.12. The molecule has 0 spiro atoms. The van der Waals surface area contributed by atoms with Crippen LogP contribution in [-0.2, 0) is 4.74 Å². The molecule has 72 valence electrons. The highest BCUT2D eigenvalue weighted by Crippen LogP contribution is 2.09. The summed E-state index contributed by atoms with van der Waals surface area (Å²) < 4.78 is 5.17. The Morgan fingerprint density at radius 3 is 2.77 bits per heavy atom. The average Bonchev–Trinajstić information content (AvgIpc) is 2.51. The molecule has 0 fully saturated rings. The summed E-state index contributed by atoms with van der Waals surface area (Å²) in [6, 6.07) is 0. The number of aromatic nitrogens is 1. The molecule has 13 heavy (non-hydrogen) atoms. The highest BCUT2D eigenvalue weighted by Gasteiger charge is 2.13. The number of aromatic amines is 1. The maximum absolute atomic E-state index is 11.5. The van der Waals surface area contributed by atoms with E-state index in [0.29, 0.717) is 5.56 Å². The molecule has 3 nitrogen and oxygen atoms in total. The quantitative estimate of drug-likeness (QED) is 0.727. The number of H-pyrrole nitrogens is 1. The lowest BCUT2D eigenvalue weighted by molar-refractivity contribution is 0.0334. The number of ether oxygens (including phenoxy) is 1. The predicted octanol–water partition coefficient (Wildman–Crippen LogP) is 2.28. The van der Waals surface area contributed by atoms with E-state index in [0.717, 1.165) is 12.0 Å². The average molecular weight is 181 g/mol. The molecule has 0 bridgehead atoms. The van der Waals surface area contributed by atoms with Gasteiger partial charge in [0.2, 0.25) is 0 Å². The number of carbonyl (C=O) groups is 1. The third kappa shape index (κ3) is 2.34. The minimum atomic E-state index is -0.242. The number of aryl methyl sites for hydroxylation is 1. The van der Waals surface area contributed by atoms with Gasteiger partial charge in [0.1, 0.15) is 0 Å². The number of hydrogen-bond acceptors (Lipinski definition) is 2. The van der Waals surface area contributed by atoms with Gasteiger partial charge in [-0.25, -0.2) is 4.79 Å². The fourth-order valence-electron chi connectivity index (χ4n) is 0.991. The van der Waals surface area contributed by atoms with Gasteiger partial charge in [0, 0.05) is 12.4 Å². The highest BCUT2D eigenvalue weighted by molar-refractivity contribution is 5.90. The topological polar surface area (TPSA) is 42.1 Å². The van der Waals surface area contributed by atoms with Crippen molar-refractivity contribution in [1.29, 1.82) is 0 Å². The summed E-state index contributed by atoms with van der Waals surface area (Å²) in [7, 11) is 0. The van der Waals surface area contributed by atoms with E-state index in [2.05, 4.69) is 4.98 Å². The van der Waals surface area contributed by atoms with Crippen LogP contribution in [0.15, 0.2) is 12.4 Å². The third-order valence-corrected chi connectivity index (χ3v) is 2.06. The molecule has 0 aliphatic heterocycles. The molecule has 1 aromatic heterocycles. The van der Waals surface area contributed by atoms with Crippen LogP contribution in [0.25, 0.3) is 0 Å². The summed E-state index contributed by atoms with van der Waals surface area (Å²) in [6.45, 7) is 5.76. The molecule has 1 heterocycles. The summed E-state index contributed by atoms with van der Waals surface area (Å²) in [6.07, 6.45) is 4.28. The fourth-order valence-corrected chi connectivity index (χ4v) is 0.991. The summed E-state index contributed by atoms with van der Waals surface area (Å²) in [5.74, 6) is -0.242. The molecule has 0 amide bonds. The zero-order valence-corrected chi connectivity index (χ0v) is 8.26. The van der Waals surface area contributed by atoms with Crippen molar-refractivity contribution in [3.8, 4) is 0 Å². The van der Waals surface area contributed by atoms with Crippen molar-refractivity contribution < 1.29 is 9.53 Å². The Bertz CT molecular complexity index is 291.